The minimum absolute atomic E-state index is 0.0710. The summed E-state index contributed by atoms with van der Waals surface area (Å²) >= 11 is 0. The molecule has 1 heterocycles. The molecule has 0 aliphatic carbocycles. The predicted molar refractivity (Wildman–Crippen MR) is 76.0 cm³/mol. The zero-order valence-corrected chi connectivity index (χ0v) is 11.0. The van der Waals surface area contributed by atoms with Crippen molar-refractivity contribution >= 4 is 16.6 Å². The number of aliphatic hydroxyl groups is 1. The lowest BCUT2D eigenvalue weighted by Crippen LogP contribution is -2.28. The Kier molecular flexibility index (Phi) is 4.32. The smallest absolute Gasteiger partial charge is 0.103 e. The second-order valence-electron chi connectivity index (χ2n) is 4.36. The SMILES string of the molecule is CCCN(CCO)c1c(C#N)cnc2ccccc12. The largest absolute Gasteiger partial charge is 0.395 e. The van der Waals surface area contributed by atoms with E-state index in [1.165, 1.54) is 0 Å². The standard InChI is InChI=1S/C15H17N3O/c1-2-7-18(8-9-19)15-12(10-16)11-17-14-6-4-3-5-13(14)15/h3-6,11,19H,2,7-9H2,1H3. The van der Waals surface area contributed by atoms with Crippen molar-refractivity contribution < 1.29 is 5.11 Å². The van der Waals surface area contributed by atoms with Gasteiger partial charge in [0.25, 0.3) is 0 Å². The van der Waals surface area contributed by atoms with Crippen LogP contribution >= 0.6 is 0 Å². The van der Waals surface area contributed by atoms with Gasteiger partial charge >= 0.3 is 0 Å². The summed E-state index contributed by atoms with van der Waals surface area (Å²) in [6, 6.07) is 9.98. The van der Waals surface area contributed by atoms with Gasteiger partial charge in [0.05, 0.1) is 23.4 Å². The number of aromatic nitrogens is 1. The van der Waals surface area contributed by atoms with Gasteiger partial charge in [0.1, 0.15) is 6.07 Å². The van der Waals surface area contributed by atoms with Crippen LogP contribution in [0.1, 0.15) is 18.9 Å². The van der Waals surface area contributed by atoms with Gasteiger partial charge in [0.2, 0.25) is 0 Å². The molecule has 98 valence electrons. The predicted octanol–water partition coefficient (Wildman–Crippen LogP) is 2.32. The zero-order chi connectivity index (χ0) is 13.7. The van der Waals surface area contributed by atoms with Crippen molar-refractivity contribution in [1.29, 1.82) is 5.26 Å². The van der Waals surface area contributed by atoms with E-state index in [1.54, 1.807) is 6.20 Å². The van der Waals surface area contributed by atoms with Gasteiger partial charge in [-0.25, -0.2) is 0 Å². The number of rotatable bonds is 5. The molecule has 0 bridgehead atoms. The molecule has 4 heteroatoms. The molecule has 0 unspecified atom stereocenters. The molecule has 2 rings (SSSR count). The summed E-state index contributed by atoms with van der Waals surface area (Å²) in [5.41, 5.74) is 2.31. The second kappa shape index (κ2) is 6.17. The highest BCUT2D eigenvalue weighted by molar-refractivity contribution is 5.94. The second-order valence-corrected chi connectivity index (χ2v) is 4.36. The zero-order valence-electron chi connectivity index (χ0n) is 11.0. The number of nitrogens with zero attached hydrogens (tertiary/aromatic N) is 3. The van der Waals surface area contributed by atoms with E-state index in [-0.39, 0.29) is 6.61 Å². The number of nitriles is 1. The van der Waals surface area contributed by atoms with Crippen molar-refractivity contribution in [1.82, 2.24) is 4.98 Å². The van der Waals surface area contributed by atoms with E-state index in [1.807, 2.05) is 24.3 Å². The summed E-state index contributed by atoms with van der Waals surface area (Å²) in [4.78, 5) is 6.36. The average Bonchev–Trinajstić information content (AvgIpc) is 2.46. The number of pyridine rings is 1. The third-order valence-corrected chi connectivity index (χ3v) is 3.05. The van der Waals surface area contributed by atoms with Gasteiger partial charge in [-0.1, -0.05) is 25.1 Å². The number of hydrogen-bond donors (Lipinski definition) is 1. The summed E-state index contributed by atoms with van der Waals surface area (Å²) in [5.74, 6) is 0. The Labute approximate surface area is 112 Å². The minimum atomic E-state index is 0.0710. The topological polar surface area (TPSA) is 60.1 Å². The highest BCUT2D eigenvalue weighted by Gasteiger charge is 2.14. The summed E-state index contributed by atoms with van der Waals surface area (Å²) in [7, 11) is 0. The Morgan fingerprint density at radius 2 is 2.11 bits per heavy atom. The van der Waals surface area contributed by atoms with Crippen molar-refractivity contribution in [2.45, 2.75) is 13.3 Å². The average molecular weight is 255 g/mol. The molecule has 1 aromatic heterocycles. The maximum atomic E-state index is 9.28. The molecule has 1 aromatic carbocycles. The van der Waals surface area contributed by atoms with Crippen LogP contribution in [0.3, 0.4) is 0 Å². The lowest BCUT2D eigenvalue weighted by molar-refractivity contribution is 0.302. The fourth-order valence-electron chi connectivity index (χ4n) is 2.28. The van der Waals surface area contributed by atoms with Crippen molar-refractivity contribution in [2.24, 2.45) is 0 Å². The van der Waals surface area contributed by atoms with E-state index < -0.39 is 0 Å². The monoisotopic (exact) mass is 255 g/mol. The van der Waals surface area contributed by atoms with E-state index in [2.05, 4.69) is 22.9 Å². The van der Waals surface area contributed by atoms with Gasteiger partial charge < -0.3 is 10.0 Å². The number of anilines is 1. The first-order valence-corrected chi connectivity index (χ1v) is 6.45. The van der Waals surface area contributed by atoms with Gasteiger partial charge in [-0.15, -0.1) is 0 Å². The molecule has 19 heavy (non-hydrogen) atoms. The molecule has 0 saturated heterocycles. The molecular formula is C15H17N3O. The van der Waals surface area contributed by atoms with Gasteiger partial charge in [0, 0.05) is 24.7 Å². The van der Waals surface area contributed by atoms with Gasteiger partial charge in [-0.3, -0.25) is 4.98 Å². The summed E-state index contributed by atoms with van der Waals surface area (Å²) in [5, 5.41) is 19.5. The third-order valence-electron chi connectivity index (χ3n) is 3.05. The molecule has 0 fully saturated rings. The molecule has 0 atom stereocenters. The Hall–Kier alpha value is -2.12. The first kappa shape index (κ1) is 13.3. The molecular weight excluding hydrogens is 238 g/mol. The molecule has 2 aromatic rings. The third kappa shape index (κ3) is 2.67. The van der Waals surface area contributed by atoms with Crippen LogP contribution in [0.4, 0.5) is 5.69 Å². The van der Waals surface area contributed by atoms with Crippen LogP contribution in [-0.2, 0) is 0 Å². The Balaban J connectivity index is 2.63. The fraction of sp³-hybridized carbons (Fsp3) is 0.333. The van der Waals surface area contributed by atoms with Crippen LogP contribution < -0.4 is 4.90 Å². The molecule has 1 N–H and O–H groups in total. The first-order valence-electron chi connectivity index (χ1n) is 6.45. The lowest BCUT2D eigenvalue weighted by atomic mass is 10.1. The molecule has 0 aliphatic rings. The summed E-state index contributed by atoms with van der Waals surface area (Å²) in [6.45, 7) is 3.49. The van der Waals surface area contributed by atoms with Crippen LogP contribution in [0.25, 0.3) is 10.9 Å². The van der Waals surface area contributed by atoms with E-state index in [0.717, 1.165) is 29.6 Å². The van der Waals surface area contributed by atoms with Gasteiger partial charge in [-0.05, 0) is 12.5 Å². The number of fused-ring (bicyclic) bond motifs is 1. The number of hydrogen-bond acceptors (Lipinski definition) is 4. The van der Waals surface area contributed by atoms with Crippen molar-refractivity contribution in [3.8, 4) is 6.07 Å². The van der Waals surface area contributed by atoms with Gasteiger partial charge in [0.15, 0.2) is 0 Å². The first-order chi connectivity index (χ1) is 9.31. The van der Waals surface area contributed by atoms with Crippen LogP contribution in [0.2, 0.25) is 0 Å². The van der Waals surface area contributed by atoms with Gasteiger partial charge in [-0.2, -0.15) is 5.26 Å². The molecule has 0 saturated carbocycles. The Bertz CT molecular complexity index is 598. The van der Waals surface area contributed by atoms with E-state index in [4.69, 9.17) is 0 Å². The van der Waals surface area contributed by atoms with Crippen LogP contribution in [-0.4, -0.2) is 29.8 Å². The van der Waals surface area contributed by atoms with Crippen LogP contribution in [0.5, 0.6) is 0 Å². The highest BCUT2D eigenvalue weighted by Crippen LogP contribution is 2.29. The molecule has 0 aliphatic heterocycles. The molecule has 0 radical (unpaired) electrons. The summed E-state index contributed by atoms with van der Waals surface area (Å²) < 4.78 is 0. The highest BCUT2D eigenvalue weighted by atomic mass is 16.3. The van der Waals surface area contributed by atoms with E-state index in [0.29, 0.717) is 12.1 Å². The van der Waals surface area contributed by atoms with Crippen LogP contribution in [0, 0.1) is 11.3 Å². The minimum Gasteiger partial charge on any atom is -0.395 e. The van der Waals surface area contributed by atoms with E-state index >= 15 is 0 Å². The van der Waals surface area contributed by atoms with Crippen molar-refractivity contribution in [3.05, 3.63) is 36.0 Å². The number of para-hydroxylation sites is 1. The quantitative estimate of drug-likeness (QED) is 0.890. The van der Waals surface area contributed by atoms with Crippen LogP contribution in [0.15, 0.2) is 30.5 Å². The Morgan fingerprint density at radius 1 is 1.32 bits per heavy atom. The molecule has 0 spiro atoms. The Morgan fingerprint density at radius 3 is 2.79 bits per heavy atom. The maximum absolute atomic E-state index is 9.28. The number of benzene rings is 1. The van der Waals surface area contributed by atoms with E-state index in [9.17, 15) is 10.4 Å². The maximum Gasteiger partial charge on any atom is 0.103 e. The normalized spacial score (nSPS) is 10.4. The van der Waals surface area contributed by atoms with Crippen molar-refractivity contribution in [2.75, 3.05) is 24.6 Å². The molecule has 0 amide bonds. The summed E-state index contributed by atoms with van der Waals surface area (Å²) in [6.07, 6.45) is 2.57. The lowest BCUT2D eigenvalue weighted by Gasteiger charge is -2.25. The van der Waals surface area contributed by atoms with Crippen molar-refractivity contribution in [3.63, 3.8) is 0 Å². The fourth-order valence-corrected chi connectivity index (χ4v) is 2.28. The molecule has 4 nitrogen and oxygen atoms in total. The number of aliphatic hydroxyl groups excluding tert-OH is 1.